The number of sulfonamides is 1. The van der Waals surface area contributed by atoms with Crippen molar-refractivity contribution in [2.75, 3.05) is 0 Å². The standard InChI is InChI=1S/C24H20FN3O5S/c25-19-13-7-8-14-21(19)34(30,31)28-20(15-17-9-3-1-4-10-17)24(29)32-16-22-26-27-23(33-22)18-11-5-2-6-12-18/h1-14,20,28H,15-16H2. The summed E-state index contributed by atoms with van der Waals surface area (Å²) in [5.41, 5.74) is 1.39. The Morgan fingerprint density at radius 2 is 1.59 bits per heavy atom. The molecule has 0 aliphatic heterocycles. The second-order valence-electron chi connectivity index (χ2n) is 7.27. The smallest absolute Gasteiger partial charge is 0.325 e. The number of nitrogens with one attached hydrogen (secondary N) is 1. The summed E-state index contributed by atoms with van der Waals surface area (Å²) in [6, 6.07) is 21.4. The van der Waals surface area contributed by atoms with Gasteiger partial charge in [-0.15, -0.1) is 10.2 Å². The Labute approximate surface area is 195 Å². The summed E-state index contributed by atoms with van der Waals surface area (Å²) >= 11 is 0. The van der Waals surface area contributed by atoms with Gasteiger partial charge in [-0.1, -0.05) is 60.7 Å². The normalized spacial score (nSPS) is 12.3. The Balaban J connectivity index is 1.50. The van der Waals surface area contributed by atoms with Crippen molar-refractivity contribution in [3.8, 4) is 11.5 Å². The topological polar surface area (TPSA) is 111 Å². The number of benzene rings is 3. The van der Waals surface area contributed by atoms with Crippen LogP contribution in [0.15, 0.2) is 94.2 Å². The Bertz CT molecular complexity index is 1360. The van der Waals surface area contributed by atoms with Crippen LogP contribution in [0.25, 0.3) is 11.5 Å². The highest BCUT2D eigenvalue weighted by Crippen LogP contribution is 2.18. The quantitative estimate of drug-likeness (QED) is 0.364. The molecule has 0 amide bonds. The van der Waals surface area contributed by atoms with E-state index in [1.165, 1.54) is 12.1 Å². The molecule has 1 N–H and O–H groups in total. The van der Waals surface area contributed by atoms with Gasteiger partial charge in [0.25, 0.3) is 5.89 Å². The molecular formula is C24H20FN3O5S. The van der Waals surface area contributed by atoms with Crippen molar-refractivity contribution >= 4 is 16.0 Å². The molecule has 0 aliphatic rings. The van der Waals surface area contributed by atoms with Gasteiger partial charge in [0.05, 0.1) is 0 Å². The summed E-state index contributed by atoms with van der Waals surface area (Å²) in [6.45, 7) is -0.356. The first-order valence-electron chi connectivity index (χ1n) is 10.3. The summed E-state index contributed by atoms with van der Waals surface area (Å²) in [4.78, 5) is 12.3. The Kier molecular flexibility index (Phi) is 7.09. The average Bonchev–Trinajstić information content (AvgIpc) is 3.32. The maximum Gasteiger partial charge on any atom is 0.325 e. The number of hydrogen-bond acceptors (Lipinski definition) is 7. The summed E-state index contributed by atoms with van der Waals surface area (Å²) in [7, 11) is -4.35. The zero-order valence-corrected chi connectivity index (χ0v) is 18.6. The third-order valence-corrected chi connectivity index (χ3v) is 6.32. The van der Waals surface area contributed by atoms with E-state index in [-0.39, 0.29) is 24.8 Å². The molecule has 0 bridgehead atoms. The third-order valence-electron chi connectivity index (χ3n) is 4.82. The molecule has 0 spiro atoms. The number of nitrogens with zero attached hydrogens (tertiary/aromatic N) is 2. The minimum absolute atomic E-state index is 0.00749. The highest BCUT2D eigenvalue weighted by molar-refractivity contribution is 7.89. The SMILES string of the molecule is O=C(OCc1nnc(-c2ccccc2)o1)C(Cc1ccccc1)NS(=O)(=O)c1ccccc1F. The van der Waals surface area contributed by atoms with Crippen LogP contribution in [0.4, 0.5) is 4.39 Å². The molecule has 10 heteroatoms. The molecule has 3 aromatic carbocycles. The Morgan fingerprint density at radius 1 is 0.941 bits per heavy atom. The van der Waals surface area contributed by atoms with E-state index in [0.29, 0.717) is 11.1 Å². The first-order chi connectivity index (χ1) is 16.4. The van der Waals surface area contributed by atoms with Crippen molar-refractivity contribution in [2.45, 2.75) is 24.0 Å². The number of rotatable bonds is 9. The first kappa shape index (κ1) is 23.3. The molecule has 8 nitrogen and oxygen atoms in total. The number of carbonyl (C=O) groups excluding carboxylic acids is 1. The number of hydrogen-bond donors (Lipinski definition) is 1. The van der Waals surface area contributed by atoms with Gasteiger partial charge in [0.1, 0.15) is 16.8 Å². The lowest BCUT2D eigenvalue weighted by atomic mass is 10.1. The minimum atomic E-state index is -4.35. The zero-order chi connectivity index (χ0) is 24.0. The largest absolute Gasteiger partial charge is 0.454 e. The fourth-order valence-electron chi connectivity index (χ4n) is 3.18. The van der Waals surface area contributed by atoms with Crippen molar-refractivity contribution < 1.29 is 26.8 Å². The van der Waals surface area contributed by atoms with Crippen LogP contribution >= 0.6 is 0 Å². The fourth-order valence-corrected chi connectivity index (χ4v) is 4.44. The van der Waals surface area contributed by atoms with Crippen LogP contribution in [0.2, 0.25) is 0 Å². The van der Waals surface area contributed by atoms with E-state index in [1.807, 2.05) is 18.2 Å². The lowest BCUT2D eigenvalue weighted by Gasteiger charge is -2.18. The van der Waals surface area contributed by atoms with Crippen molar-refractivity contribution in [1.29, 1.82) is 0 Å². The van der Waals surface area contributed by atoms with Crippen molar-refractivity contribution in [1.82, 2.24) is 14.9 Å². The van der Waals surface area contributed by atoms with E-state index < -0.39 is 32.7 Å². The molecule has 1 heterocycles. The molecule has 1 unspecified atom stereocenters. The molecule has 4 rings (SSSR count). The van der Waals surface area contributed by atoms with E-state index in [2.05, 4.69) is 14.9 Å². The number of aromatic nitrogens is 2. The number of esters is 1. The van der Waals surface area contributed by atoms with Gasteiger partial charge in [0.2, 0.25) is 15.9 Å². The molecular weight excluding hydrogens is 461 g/mol. The lowest BCUT2D eigenvalue weighted by Crippen LogP contribution is -2.43. The van der Waals surface area contributed by atoms with Gasteiger partial charge in [0.15, 0.2) is 6.61 Å². The van der Waals surface area contributed by atoms with E-state index in [1.54, 1.807) is 42.5 Å². The summed E-state index contributed by atoms with van der Waals surface area (Å²) < 4.78 is 52.7. The van der Waals surface area contributed by atoms with Gasteiger partial charge in [-0.05, 0) is 36.2 Å². The Hall–Kier alpha value is -3.89. The van der Waals surface area contributed by atoms with Crippen LogP contribution in [0.3, 0.4) is 0 Å². The van der Waals surface area contributed by atoms with Gasteiger partial charge in [-0.3, -0.25) is 4.79 Å². The van der Waals surface area contributed by atoms with Crippen molar-refractivity contribution in [3.63, 3.8) is 0 Å². The zero-order valence-electron chi connectivity index (χ0n) is 17.8. The maximum absolute atomic E-state index is 14.1. The predicted molar refractivity (Wildman–Crippen MR) is 120 cm³/mol. The van der Waals surface area contributed by atoms with Crippen LogP contribution in [-0.2, 0) is 32.6 Å². The minimum Gasteiger partial charge on any atom is -0.454 e. The second kappa shape index (κ2) is 10.4. The van der Waals surface area contributed by atoms with Gasteiger partial charge < -0.3 is 9.15 Å². The van der Waals surface area contributed by atoms with Gasteiger partial charge in [-0.2, -0.15) is 4.72 Å². The van der Waals surface area contributed by atoms with Crippen molar-refractivity contribution in [3.05, 3.63) is 102 Å². The summed E-state index contributed by atoms with van der Waals surface area (Å²) in [5, 5.41) is 7.78. The van der Waals surface area contributed by atoms with Gasteiger partial charge in [0, 0.05) is 5.56 Å². The van der Waals surface area contributed by atoms with Crippen LogP contribution in [0.1, 0.15) is 11.5 Å². The molecule has 34 heavy (non-hydrogen) atoms. The van der Waals surface area contributed by atoms with E-state index in [4.69, 9.17) is 9.15 Å². The third kappa shape index (κ3) is 5.72. The summed E-state index contributed by atoms with van der Waals surface area (Å²) in [6.07, 6.45) is -0.00749. The molecule has 0 fully saturated rings. The number of ether oxygens (including phenoxy) is 1. The molecule has 174 valence electrons. The number of carbonyl (C=O) groups is 1. The van der Waals surface area contributed by atoms with Crippen LogP contribution < -0.4 is 4.72 Å². The molecule has 0 radical (unpaired) electrons. The highest BCUT2D eigenvalue weighted by Gasteiger charge is 2.29. The van der Waals surface area contributed by atoms with Gasteiger partial charge >= 0.3 is 5.97 Å². The maximum atomic E-state index is 14.1. The molecule has 0 aliphatic carbocycles. The molecule has 0 saturated carbocycles. The second-order valence-corrected chi connectivity index (χ2v) is 8.95. The fraction of sp³-hybridized carbons (Fsp3) is 0.125. The molecule has 4 aromatic rings. The predicted octanol–water partition coefficient (Wildman–Crippen LogP) is 3.51. The molecule has 1 aromatic heterocycles. The monoisotopic (exact) mass is 481 g/mol. The average molecular weight is 482 g/mol. The van der Waals surface area contributed by atoms with E-state index >= 15 is 0 Å². The highest BCUT2D eigenvalue weighted by atomic mass is 32.2. The van der Waals surface area contributed by atoms with E-state index in [0.717, 1.165) is 12.1 Å². The van der Waals surface area contributed by atoms with Gasteiger partial charge in [-0.25, -0.2) is 12.8 Å². The van der Waals surface area contributed by atoms with Crippen LogP contribution in [0, 0.1) is 5.82 Å². The Morgan fingerprint density at radius 3 is 2.29 bits per heavy atom. The van der Waals surface area contributed by atoms with Crippen LogP contribution in [-0.4, -0.2) is 30.6 Å². The van der Waals surface area contributed by atoms with Crippen LogP contribution in [0.5, 0.6) is 0 Å². The lowest BCUT2D eigenvalue weighted by molar-refractivity contribution is -0.147. The van der Waals surface area contributed by atoms with Crippen molar-refractivity contribution in [2.24, 2.45) is 0 Å². The summed E-state index contributed by atoms with van der Waals surface area (Å²) in [5.74, 6) is -1.50. The van der Waals surface area contributed by atoms with E-state index in [9.17, 15) is 17.6 Å². The number of halogens is 1. The molecule has 1 atom stereocenters. The molecule has 0 saturated heterocycles. The first-order valence-corrected chi connectivity index (χ1v) is 11.8.